The maximum Gasteiger partial charge on any atom is 0.265 e. The number of benzene rings is 1. The van der Waals surface area contributed by atoms with E-state index in [4.69, 9.17) is 0 Å². The second-order valence-corrected chi connectivity index (χ2v) is 7.59. The number of anilines is 2. The first-order valence-corrected chi connectivity index (χ1v) is 9.58. The molecule has 1 aromatic carbocycles. The molecule has 2 aromatic heterocycles. The standard InChI is InChI=1S/C20H21F2N7/c1-28-10-14(9-25-28)13-3-4-16-15(7-13)19(27-26-16)17-8-18(24-12-23-17)29-6-2-5-20(21,22)11-29/h3-4,7-10,12,19,26-27H,2,5-6,11H2,1H3/t19-/m1/s1. The Bertz CT molecular complexity index is 1050. The Kier molecular flexibility index (Phi) is 4.20. The topological polar surface area (TPSA) is 70.9 Å². The number of aryl methyl sites for hydroxylation is 1. The molecule has 2 aliphatic heterocycles. The molecular weight excluding hydrogens is 376 g/mol. The predicted octanol–water partition coefficient (Wildman–Crippen LogP) is 3.13. The lowest BCUT2D eigenvalue weighted by atomic mass is 9.98. The van der Waals surface area contributed by atoms with Gasteiger partial charge in [-0.1, -0.05) is 6.07 Å². The van der Waals surface area contributed by atoms with Gasteiger partial charge in [0.05, 0.1) is 30.2 Å². The third-order valence-electron chi connectivity index (χ3n) is 5.44. The maximum absolute atomic E-state index is 13.8. The first kappa shape index (κ1) is 18.0. The van der Waals surface area contributed by atoms with Gasteiger partial charge < -0.3 is 10.3 Å². The number of alkyl halides is 2. The lowest BCUT2D eigenvalue weighted by Gasteiger charge is -2.33. The summed E-state index contributed by atoms with van der Waals surface area (Å²) in [7, 11) is 1.88. The van der Waals surface area contributed by atoms with Gasteiger partial charge in [-0.2, -0.15) is 5.10 Å². The quantitative estimate of drug-likeness (QED) is 0.708. The van der Waals surface area contributed by atoms with Crippen molar-refractivity contribution in [2.75, 3.05) is 23.4 Å². The van der Waals surface area contributed by atoms with Gasteiger partial charge in [-0.05, 0) is 24.1 Å². The minimum absolute atomic E-state index is 0.0694. The van der Waals surface area contributed by atoms with E-state index in [1.54, 1.807) is 15.6 Å². The number of piperidine rings is 1. The van der Waals surface area contributed by atoms with Gasteiger partial charge in [-0.3, -0.25) is 4.68 Å². The number of aromatic nitrogens is 4. The van der Waals surface area contributed by atoms with E-state index in [-0.39, 0.29) is 19.0 Å². The second kappa shape index (κ2) is 6.77. The van der Waals surface area contributed by atoms with Crippen molar-refractivity contribution in [2.24, 2.45) is 7.05 Å². The zero-order valence-corrected chi connectivity index (χ0v) is 15.9. The molecule has 0 aliphatic carbocycles. The molecule has 0 amide bonds. The third-order valence-corrected chi connectivity index (χ3v) is 5.44. The highest BCUT2D eigenvalue weighted by molar-refractivity contribution is 5.70. The van der Waals surface area contributed by atoms with Crippen LogP contribution in [0.4, 0.5) is 20.3 Å². The van der Waals surface area contributed by atoms with Crippen molar-refractivity contribution in [3.8, 4) is 11.1 Å². The number of halogens is 2. The molecule has 1 saturated heterocycles. The summed E-state index contributed by atoms with van der Waals surface area (Å²) >= 11 is 0. The summed E-state index contributed by atoms with van der Waals surface area (Å²) in [6.45, 7) is 0.270. The smallest absolute Gasteiger partial charge is 0.265 e. The van der Waals surface area contributed by atoms with Crippen LogP contribution in [-0.4, -0.2) is 38.8 Å². The fraction of sp³-hybridized carbons (Fsp3) is 0.350. The highest BCUT2D eigenvalue weighted by atomic mass is 19.3. The summed E-state index contributed by atoms with van der Waals surface area (Å²) in [5.41, 5.74) is 11.2. The summed E-state index contributed by atoms with van der Waals surface area (Å²) in [4.78, 5) is 10.3. The number of hydrogen-bond donors (Lipinski definition) is 2. The monoisotopic (exact) mass is 397 g/mol. The lowest BCUT2D eigenvalue weighted by Crippen LogP contribution is -2.43. The molecule has 1 atom stereocenters. The van der Waals surface area contributed by atoms with Gasteiger partial charge in [0.25, 0.3) is 5.92 Å². The van der Waals surface area contributed by atoms with Crippen LogP contribution in [0.1, 0.15) is 30.1 Å². The van der Waals surface area contributed by atoms with E-state index in [1.165, 1.54) is 6.33 Å². The van der Waals surface area contributed by atoms with E-state index in [0.717, 1.165) is 28.1 Å². The average Bonchev–Trinajstić information content (AvgIpc) is 3.33. The first-order chi connectivity index (χ1) is 14.0. The third kappa shape index (κ3) is 3.42. The van der Waals surface area contributed by atoms with Crippen LogP contribution >= 0.6 is 0 Å². The van der Waals surface area contributed by atoms with Gasteiger partial charge in [-0.25, -0.2) is 24.2 Å². The molecule has 0 spiro atoms. The molecule has 7 nitrogen and oxygen atoms in total. The molecule has 4 heterocycles. The molecule has 29 heavy (non-hydrogen) atoms. The van der Waals surface area contributed by atoms with Crippen LogP contribution < -0.4 is 15.8 Å². The van der Waals surface area contributed by atoms with E-state index >= 15 is 0 Å². The Morgan fingerprint density at radius 2 is 2.07 bits per heavy atom. The predicted molar refractivity (Wildman–Crippen MR) is 106 cm³/mol. The molecule has 3 aromatic rings. The summed E-state index contributed by atoms with van der Waals surface area (Å²) in [5, 5.41) is 4.24. The largest absolute Gasteiger partial charge is 0.350 e. The Morgan fingerprint density at radius 1 is 1.17 bits per heavy atom. The Labute approximate surface area is 166 Å². The number of rotatable bonds is 3. The van der Waals surface area contributed by atoms with Crippen molar-refractivity contribution in [1.29, 1.82) is 0 Å². The summed E-state index contributed by atoms with van der Waals surface area (Å²) in [6, 6.07) is 7.74. The Balaban J connectivity index is 1.46. The van der Waals surface area contributed by atoms with E-state index in [1.807, 2.05) is 31.6 Å². The number of nitrogens with zero attached hydrogens (tertiary/aromatic N) is 5. The number of fused-ring (bicyclic) bond motifs is 1. The fourth-order valence-corrected chi connectivity index (χ4v) is 3.98. The van der Waals surface area contributed by atoms with Crippen molar-refractivity contribution in [2.45, 2.75) is 24.8 Å². The van der Waals surface area contributed by atoms with Crippen LogP contribution in [0.2, 0.25) is 0 Å². The van der Waals surface area contributed by atoms with E-state index in [2.05, 4.69) is 32.0 Å². The average molecular weight is 397 g/mol. The summed E-state index contributed by atoms with van der Waals surface area (Å²) in [5.74, 6) is -2.14. The van der Waals surface area contributed by atoms with Crippen molar-refractivity contribution in [3.05, 3.63) is 54.2 Å². The molecule has 0 saturated carbocycles. The number of hydrazine groups is 1. The molecule has 0 bridgehead atoms. The van der Waals surface area contributed by atoms with Crippen molar-refractivity contribution < 1.29 is 8.78 Å². The SMILES string of the molecule is Cn1cc(-c2ccc3c(c2)[C@H](c2cc(N4CCCC(F)(F)C4)ncn2)NN3)cn1. The van der Waals surface area contributed by atoms with Crippen LogP contribution in [0.5, 0.6) is 0 Å². The highest BCUT2D eigenvalue weighted by Crippen LogP contribution is 2.36. The van der Waals surface area contributed by atoms with E-state index < -0.39 is 5.92 Å². The van der Waals surface area contributed by atoms with Crippen LogP contribution in [0.15, 0.2) is 43.0 Å². The molecule has 2 N–H and O–H groups in total. The van der Waals surface area contributed by atoms with Gasteiger partial charge in [0.15, 0.2) is 0 Å². The van der Waals surface area contributed by atoms with Gasteiger partial charge in [-0.15, -0.1) is 0 Å². The molecule has 0 radical (unpaired) electrons. The van der Waals surface area contributed by atoms with Crippen molar-refractivity contribution in [3.63, 3.8) is 0 Å². The lowest BCUT2D eigenvalue weighted by molar-refractivity contribution is -0.0118. The highest BCUT2D eigenvalue weighted by Gasteiger charge is 2.36. The van der Waals surface area contributed by atoms with Crippen LogP contribution in [-0.2, 0) is 7.05 Å². The normalized spacial score (nSPS) is 20.4. The summed E-state index contributed by atoms with van der Waals surface area (Å²) in [6.07, 6.45) is 5.62. The van der Waals surface area contributed by atoms with Crippen molar-refractivity contribution >= 4 is 11.5 Å². The van der Waals surface area contributed by atoms with Gasteiger partial charge in [0.2, 0.25) is 0 Å². The maximum atomic E-state index is 13.8. The van der Waals surface area contributed by atoms with E-state index in [9.17, 15) is 8.78 Å². The number of nitrogens with one attached hydrogen (secondary N) is 2. The minimum atomic E-state index is -2.68. The molecule has 9 heteroatoms. The fourth-order valence-electron chi connectivity index (χ4n) is 3.98. The zero-order valence-electron chi connectivity index (χ0n) is 15.9. The van der Waals surface area contributed by atoms with Crippen LogP contribution in [0, 0.1) is 0 Å². The molecule has 150 valence electrons. The summed E-state index contributed by atoms with van der Waals surface area (Å²) < 4.78 is 29.4. The number of hydrogen-bond acceptors (Lipinski definition) is 6. The molecule has 2 aliphatic rings. The first-order valence-electron chi connectivity index (χ1n) is 9.58. The molecule has 0 unspecified atom stereocenters. The van der Waals surface area contributed by atoms with Crippen molar-refractivity contribution in [1.82, 2.24) is 25.2 Å². The van der Waals surface area contributed by atoms with Gasteiger partial charge >= 0.3 is 0 Å². The Hall–Kier alpha value is -3.07. The molecule has 1 fully saturated rings. The van der Waals surface area contributed by atoms with E-state index in [0.29, 0.717) is 18.8 Å². The zero-order chi connectivity index (χ0) is 20.0. The Morgan fingerprint density at radius 3 is 2.86 bits per heavy atom. The minimum Gasteiger partial charge on any atom is -0.350 e. The van der Waals surface area contributed by atoms with Crippen LogP contribution in [0.25, 0.3) is 11.1 Å². The van der Waals surface area contributed by atoms with Crippen LogP contribution in [0.3, 0.4) is 0 Å². The van der Waals surface area contributed by atoms with Gasteiger partial charge in [0.1, 0.15) is 12.1 Å². The van der Waals surface area contributed by atoms with Gasteiger partial charge in [0, 0.05) is 43.4 Å². The molecular formula is C20H21F2N7. The molecule has 5 rings (SSSR count). The second-order valence-electron chi connectivity index (χ2n) is 7.59.